The van der Waals surface area contributed by atoms with Gasteiger partial charge in [0.25, 0.3) is 0 Å². The molecule has 4 nitrogen and oxygen atoms in total. The molecule has 0 spiro atoms. The summed E-state index contributed by atoms with van der Waals surface area (Å²) < 4.78 is 11.5. The molecule has 0 amide bonds. The van der Waals surface area contributed by atoms with Gasteiger partial charge in [0, 0.05) is 6.54 Å². The van der Waals surface area contributed by atoms with Crippen molar-refractivity contribution in [3.63, 3.8) is 0 Å². The molecule has 0 bridgehead atoms. The number of ether oxygens (including phenoxy) is 2. The Balaban J connectivity index is 1.60. The van der Waals surface area contributed by atoms with Crippen LogP contribution in [0.5, 0.6) is 11.5 Å². The molecule has 0 radical (unpaired) electrons. The second-order valence-corrected chi connectivity index (χ2v) is 7.62. The lowest BCUT2D eigenvalue weighted by Gasteiger charge is -2.23. The largest absolute Gasteiger partial charge is 0.493 e. The van der Waals surface area contributed by atoms with E-state index in [2.05, 4.69) is 29.7 Å². The predicted molar refractivity (Wildman–Crippen MR) is 111 cm³/mol. The van der Waals surface area contributed by atoms with E-state index in [-0.39, 0.29) is 0 Å². The minimum Gasteiger partial charge on any atom is -0.493 e. The van der Waals surface area contributed by atoms with Gasteiger partial charge in [0.15, 0.2) is 11.5 Å². The number of nitrogens with one attached hydrogen (secondary N) is 2. The highest BCUT2D eigenvalue weighted by molar-refractivity contribution is 6.32. The Morgan fingerprint density at radius 1 is 1.15 bits per heavy atom. The number of methoxy groups -OCH3 is 1. The average Bonchev–Trinajstić information content (AvgIpc) is 2.67. The molecular formula is C22H29ClN2O2. The van der Waals surface area contributed by atoms with Crippen LogP contribution < -0.4 is 20.1 Å². The first kappa shape index (κ1) is 20.0. The summed E-state index contributed by atoms with van der Waals surface area (Å²) in [6, 6.07) is 12.2. The topological polar surface area (TPSA) is 42.5 Å². The van der Waals surface area contributed by atoms with Crippen LogP contribution >= 0.6 is 11.6 Å². The van der Waals surface area contributed by atoms with Crippen LogP contribution in [0.1, 0.15) is 29.5 Å². The summed E-state index contributed by atoms with van der Waals surface area (Å²) in [6.45, 7) is 6.59. The van der Waals surface area contributed by atoms with Crippen LogP contribution in [-0.4, -0.2) is 26.7 Å². The van der Waals surface area contributed by atoms with Crippen molar-refractivity contribution in [1.29, 1.82) is 0 Å². The molecule has 2 aromatic rings. The van der Waals surface area contributed by atoms with Crippen LogP contribution in [0.25, 0.3) is 0 Å². The highest BCUT2D eigenvalue weighted by Crippen LogP contribution is 2.37. The van der Waals surface area contributed by atoms with E-state index < -0.39 is 0 Å². The zero-order valence-corrected chi connectivity index (χ0v) is 16.9. The zero-order valence-electron chi connectivity index (χ0n) is 16.2. The first-order valence-electron chi connectivity index (χ1n) is 9.62. The van der Waals surface area contributed by atoms with Gasteiger partial charge in [0.05, 0.1) is 12.1 Å². The fourth-order valence-corrected chi connectivity index (χ4v) is 3.77. The predicted octanol–water partition coefficient (Wildman–Crippen LogP) is 4.33. The SMILES string of the molecule is COc1cc(CNCC2CCNCC2)cc(Cl)c1OCc1cccc(C)c1. The molecule has 1 aliphatic heterocycles. The monoisotopic (exact) mass is 388 g/mol. The molecule has 0 saturated carbocycles. The smallest absolute Gasteiger partial charge is 0.180 e. The maximum Gasteiger partial charge on any atom is 0.180 e. The maximum atomic E-state index is 6.50. The molecule has 1 aliphatic rings. The maximum absolute atomic E-state index is 6.50. The lowest BCUT2D eigenvalue weighted by molar-refractivity contribution is 0.284. The number of hydrogen-bond acceptors (Lipinski definition) is 4. The van der Waals surface area contributed by atoms with E-state index in [0.717, 1.165) is 43.2 Å². The highest BCUT2D eigenvalue weighted by Gasteiger charge is 2.14. The van der Waals surface area contributed by atoms with Gasteiger partial charge in [-0.15, -0.1) is 0 Å². The van der Waals surface area contributed by atoms with E-state index >= 15 is 0 Å². The van der Waals surface area contributed by atoms with Crippen LogP contribution in [0, 0.1) is 12.8 Å². The van der Waals surface area contributed by atoms with Crippen LogP contribution in [0.4, 0.5) is 0 Å². The van der Waals surface area contributed by atoms with Crippen molar-refractivity contribution in [2.45, 2.75) is 32.9 Å². The zero-order chi connectivity index (χ0) is 19.1. The van der Waals surface area contributed by atoms with Gasteiger partial charge in [-0.3, -0.25) is 0 Å². The Kier molecular flexibility index (Phi) is 7.39. The normalized spacial score (nSPS) is 14.9. The minimum absolute atomic E-state index is 0.463. The summed E-state index contributed by atoms with van der Waals surface area (Å²) in [4.78, 5) is 0. The number of aryl methyl sites for hydroxylation is 1. The van der Waals surface area contributed by atoms with E-state index in [9.17, 15) is 0 Å². The molecule has 0 atom stereocenters. The van der Waals surface area contributed by atoms with Crippen molar-refractivity contribution >= 4 is 11.6 Å². The van der Waals surface area contributed by atoms with Crippen molar-refractivity contribution in [2.24, 2.45) is 5.92 Å². The summed E-state index contributed by atoms with van der Waals surface area (Å²) >= 11 is 6.50. The molecule has 5 heteroatoms. The lowest BCUT2D eigenvalue weighted by atomic mass is 9.98. The molecule has 1 fully saturated rings. The molecule has 3 rings (SSSR count). The molecule has 1 saturated heterocycles. The lowest BCUT2D eigenvalue weighted by Crippen LogP contribution is -2.33. The molecule has 2 N–H and O–H groups in total. The van der Waals surface area contributed by atoms with E-state index in [1.165, 1.54) is 18.4 Å². The van der Waals surface area contributed by atoms with E-state index in [4.69, 9.17) is 21.1 Å². The average molecular weight is 389 g/mol. The first-order valence-corrected chi connectivity index (χ1v) is 9.99. The van der Waals surface area contributed by atoms with Gasteiger partial charge in [0.1, 0.15) is 6.61 Å². The van der Waals surface area contributed by atoms with E-state index in [0.29, 0.717) is 23.1 Å². The number of piperidine rings is 1. The number of rotatable bonds is 8. The second kappa shape index (κ2) is 9.98. The molecule has 146 valence electrons. The Morgan fingerprint density at radius 3 is 2.70 bits per heavy atom. The highest BCUT2D eigenvalue weighted by atomic mass is 35.5. The van der Waals surface area contributed by atoms with Crippen molar-refractivity contribution < 1.29 is 9.47 Å². The number of hydrogen-bond donors (Lipinski definition) is 2. The van der Waals surface area contributed by atoms with Crippen molar-refractivity contribution in [3.8, 4) is 11.5 Å². The number of halogens is 1. The Bertz CT molecular complexity index is 745. The van der Waals surface area contributed by atoms with Crippen LogP contribution in [0.15, 0.2) is 36.4 Å². The van der Waals surface area contributed by atoms with E-state index in [1.54, 1.807) is 7.11 Å². The van der Waals surface area contributed by atoms with Gasteiger partial charge in [-0.05, 0) is 68.6 Å². The van der Waals surface area contributed by atoms with Crippen molar-refractivity contribution in [2.75, 3.05) is 26.7 Å². The second-order valence-electron chi connectivity index (χ2n) is 7.21. The van der Waals surface area contributed by atoms with Crippen LogP contribution in [0.2, 0.25) is 5.02 Å². The molecule has 1 heterocycles. The van der Waals surface area contributed by atoms with Crippen molar-refractivity contribution in [3.05, 3.63) is 58.1 Å². The van der Waals surface area contributed by atoms with Crippen LogP contribution in [-0.2, 0) is 13.2 Å². The summed E-state index contributed by atoms with van der Waals surface area (Å²) in [7, 11) is 1.65. The fourth-order valence-electron chi connectivity index (χ4n) is 3.48. The number of benzene rings is 2. The molecule has 27 heavy (non-hydrogen) atoms. The van der Waals surface area contributed by atoms with Gasteiger partial charge in [-0.25, -0.2) is 0 Å². The summed E-state index contributed by atoms with van der Waals surface area (Å²) in [5, 5.41) is 7.54. The standard InChI is InChI=1S/C22H29ClN2O2/c1-16-4-3-5-18(10-16)15-27-22-20(23)11-19(12-21(22)26-2)14-25-13-17-6-8-24-9-7-17/h3-5,10-12,17,24-25H,6-9,13-15H2,1-2H3. The van der Waals surface area contributed by atoms with Gasteiger partial charge >= 0.3 is 0 Å². The van der Waals surface area contributed by atoms with Gasteiger partial charge in [0.2, 0.25) is 0 Å². The third-order valence-electron chi connectivity index (χ3n) is 4.98. The Hall–Kier alpha value is -1.75. The molecule has 2 aromatic carbocycles. The fraction of sp³-hybridized carbons (Fsp3) is 0.455. The quantitative estimate of drug-likeness (QED) is 0.706. The van der Waals surface area contributed by atoms with Gasteiger partial charge in [-0.2, -0.15) is 0 Å². The molecule has 0 unspecified atom stereocenters. The third kappa shape index (κ3) is 5.86. The summed E-state index contributed by atoms with van der Waals surface area (Å²) in [5.41, 5.74) is 3.43. The summed E-state index contributed by atoms with van der Waals surface area (Å²) in [5.74, 6) is 2.03. The third-order valence-corrected chi connectivity index (χ3v) is 5.26. The Morgan fingerprint density at radius 2 is 1.96 bits per heavy atom. The minimum atomic E-state index is 0.463. The van der Waals surface area contributed by atoms with E-state index in [1.807, 2.05) is 24.3 Å². The Labute approximate surface area is 167 Å². The van der Waals surface area contributed by atoms with Crippen LogP contribution in [0.3, 0.4) is 0 Å². The van der Waals surface area contributed by atoms with Gasteiger partial charge in [-0.1, -0.05) is 41.4 Å². The molecular weight excluding hydrogens is 360 g/mol. The first-order chi connectivity index (χ1) is 13.2. The summed E-state index contributed by atoms with van der Waals surface area (Å²) in [6.07, 6.45) is 2.48. The van der Waals surface area contributed by atoms with Crippen molar-refractivity contribution in [1.82, 2.24) is 10.6 Å². The molecule has 0 aliphatic carbocycles. The van der Waals surface area contributed by atoms with Gasteiger partial charge < -0.3 is 20.1 Å². The molecule has 0 aromatic heterocycles.